The number of ether oxygens (including phenoxy) is 1. The molecule has 0 bridgehead atoms. The lowest BCUT2D eigenvalue weighted by Gasteiger charge is -2.16. The summed E-state index contributed by atoms with van der Waals surface area (Å²) in [7, 11) is 0. The maximum atomic E-state index is 12.3. The molecule has 26 heavy (non-hydrogen) atoms. The van der Waals surface area contributed by atoms with Crippen molar-refractivity contribution in [3.8, 4) is 17.1 Å². The fourth-order valence-corrected chi connectivity index (χ4v) is 2.43. The van der Waals surface area contributed by atoms with Gasteiger partial charge in [-0.15, -0.1) is 0 Å². The summed E-state index contributed by atoms with van der Waals surface area (Å²) < 4.78 is 10.9. The second-order valence-electron chi connectivity index (χ2n) is 5.56. The lowest BCUT2D eigenvalue weighted by molar-refractivity contribution is -0.128. The molecule has 0 aliphatic carbocycles. The Morgan fingerprint density at radius 3 is 2.62 bits per heavy atom. The number of rotatable bonds is 7. The quantitative estimate of drug-likeness (QED) is 0.682. The summed E-state index contributed by atoms with van der Waals surface area (Å²) in [4.78, 5) is 16.6. The van der Waals surface area contributed by atoms with E-state index in [0.29, 0.717) is 28.9 Å². The molecule has 1 amide bonds. The standard InChI is InChI=1S/C19H18ClN3O3/c1-2-16(25-15-6-4-3-5-7-15)19(24)21-12-17-22-18(23-26-17)13-8-10-14(20)11-9-13/h3-11,16H,2,12H2,1H3,(H,21,24). The molecule has 1 aromatic heterocycles. The predicted molar refractivity (Wildman–Crippen MR) is 97.7 cm³/mol. The summed E-state index contributed by atoms with van der Waals surface area (Å²) in [6.45, 7) is 2.02. The Bertz CT molecular complexity index is 850. The number of amides is 1. The van der Waals surface area contributed by atoms with Gasteiger partial charge in [0.25, 0.3) is 5.91 Å². The molecule has 3 rings (SSSR count). The van der Waals surface area contributed by atoms with E-state index in [9.17, 15) is 4.79 Å². The third-order valence-corrected chi connectivity index (χ3v) is 3.92. The Hall–Kier alpha value is -2.86. The Labute approximate surface area is 156 Å². The van der Waals surface area contributed by atoms with Crippen LogP contribution in [0.5, 0.6) is 5.75 Å². The highest BCUT2D eigenvalue weighted by molar-refractivity contribution is 6.30. The third-order valence-electron chi connectivity index (χ3n) is 3.67. The van der Waals surface area contributed by atoms with Crippen molar-refractivity contribution in [2.45, 2.75) is 26.0 Å². The number of hydrogen-bond acceptors (Lipinski definition) is 5. The Balaban J connectivity index is 1.57. The molecule has 0 aliphatic rings. The molecule has 0 saturated carbocycles. The van der Waals surface area contributed by atoms with Crippen LogP contribution >= 0.6 is 11.6 Å². The fourth-order valence-electron chi connectivity index (χ4n) is 2.31. The van der Waals surface area contributed by atoms with E-state index in [1.54, 1.807) is 24.3 Å². The number of benzene rings is 2. The van der Waals surface area contributed by atoms with Gasteiger partial charge in [-0.1, -0.05) is 41.9 Å². The molecule has 0 saturated heterocycles. The van der Waals surface area contributed by atoms with E-state index < -0.39 is 6.10 Å². The van der Waals surface area contributed by atoms with E-state index in [-0.39, 0.29) is 12.5 Å². The first-order valence-corrected chi connectivity index (χ1v) is 8.61. The molecule has 0 aliphatic heterocycles. The lowest BCUT2D eigenvalue weighted by atomic mass is 10.2. The number of nitrogens with one attached hydrogen (secondary N) is 1. The minimum atomic E-state index is -0.587. The van der Waals surface area contributed by atoms with Crippen LogP contribution < -0.4 is 10.1 Å². The van der Waals surface area contributed by atoms with E-state index >= 15 is 0 Å². The monoisotopic (exact) mass is 371 g/mol. The molecule has 2 aromatic carbocycles. The van der Waals surface area contributed by atoms with E-state index in [2.05, 4.69) is 15.5 Å². The maximum Gasteiger partial charge on any atom is 0.261 e. The molecule has 7 heteroatoms. The van der Waals surface area contributed by atoms with Crippen LogP contribution in [0.15, 0.2) is 59.1 Å². The highest BCUT2D eigenvalue weighted by atomic mass is 35.5. The summed E-state index contributed by atoms with van der Waals surface area (Å²) in [5.74, 6) is 1.18. The SMILES string of the molecule is CCC(Oc1ccccc1)C(=O)NCc1nc(-c2ccc(Cl)cc2)no1. The fraction of sp³-hybridized carbons (Fsp3) is 0.211. The van der Waals surface area contributed by atoms with Gasteiger partial charge in [-0.05, 0) is 42.8 Å². The van der Waals surface area contributed by atoms with Crippen molar-refractivity contribution >= 4 is 17.5 Å². The van der Waals surface area contributed by atoms with Crippen LogP contribution in [0.1, 0.15) is 19.2 Å². The topological polar surface area (TPSA) is 77.2 Å². The summed E-state index contributed by atoms with van der Waals surface area (Å²) in [6, 6.07) is 16.3. The highest BCUT2D eigenvalue weighted by Crippen LogP contribution is 2.18. The highest BCUT2D eigenvalue weighted by Gasteiger charge is 2.19. The van der Waals surface area contributed by atoms with Crippen molar-refractivity contribution in [2.24, 2.45) is 0 Å². The van der Waals surface area contributed by atoms with Crippen LogP contribution in [0, 0.1) is 0 Å². The summed E-state index contributed by atoms with van der Waals surface area (Å²) in [5.41, 5.74) is 0.787. The number of para-hydroxylation sites is 1. The first kappa shape index (κ1) is 17.9. The molecule has 0 radical (unpaired) electrons. The van der Waals surface area contributed by atoms with Crippen LogP contribution in [0.3, 0.4) is 0 Å². The van der Waals surface area contributed by atoms with Gasteiger partial charge in [0.15, 0.2) is 6.10 Å². The molecule has 1 unspecified atom stereocenters. The van der Waals surface area contributed by atoms with Gasteiger partial charge in [0.2, 0.25) is 11.7 Å². The second kappa shape index (κ2) is 8.49. The van der Waals surface area contributed by atoms with Gasteiger partial charge >= 0.3 is 0 Å². The van der Waals surface area contributed by atoms with Crippen molar-refractivity contribution in [1.29, 1.82) is 0 Å². The summed E-state index contributed by atoms with van der Waals surface area (Å²) in [6.07, 6.45) is -0.0447. The normalized spacial score (nSPS) is 11.8. The number of carbonyl (C=O) groups excluding carboxylic acids is 1. The smallest absolute Gasteiger partial charge is 0.261 e. The molecule has 0 spiro atoms. The zero-order chi connectivity index (χ0) is 18.4. The van der Waals surface area contributed by atoms with E-state index in [4.69, 9.17) is 20.9 Å². The van der Waals surface area contributed by atoms with Gasteiger partial charge in [0.05, 0.1) is 6.54 Å². The molecule has 6 nitrogen and oxygen atoms in total. The number of aromatic nitrogens is 2. The number of nitrogens with zero attached hydrogens (tertiary/aromatic N) is 2. The van der Waals surface area contributed by atoms with Crippen LogP contribution in [0.2, 0.25) is 5.02 Å². The molecule has 134 valence electrons. The zero-order valence-corrected chi connectivity index (χ0v) is 14.9. The average molecular weight is 372 g/mol. The van der Waals surface area contributed by atoms with Crippen molar-refractivity contribution in [3.05, 3.63) is 65.5 Å². The van der Waals surface area contributed by atoms with Gasteiger partial charge in [0, 0.05) is 10.6 Å². The molecular formula is C19H18ClN3O3. The predicted octanol–water partition coefficient (Wildman–Crippen LogP) is 3.86. The van der Waals surface area contributed by atoms with E-state index in [0.717, 1.165) is 5.56 Å². The van der Waals surface area contributed by atoms with Crippen LogP contribution in [-0.4, -0.2) is 22.2 Å². The van der Waals surface area contributed by atoms with Crippen LogP contribution in [-0.2, 0) is 11.3 Å². The molecule has 1 atom stereocenters. The summed E-state index contributed by atoms with van der Waals surface area (Å²) in [5, 5.41) is 7.31. The molecule has 1 heterocycles. The molecule has 3 aromatic rings. The lowest BCUT2D eigenvalue weighted by Crippen LogP contribution is -2.37. The Morgan fingerprint density at radius 1 is 1.19 bits per heavy atom. The van der Waals surface area contributed by atoms with Gasteiger partial charge in [-0.3, -0.25) is 4.79 Å². The third kappa shape index (κ3) is 4.61. The largest absolute Gasteiger partial charge is 0.481 e. The van der Waals surface area contributed by atoms with Crippen molar-refractivity contribution in [3.63, 3.8) is 0 Å². The van der Waals surface area contributed by atoms with Crippen molar-refractivity contribution < 1.29 is 14.1 Å². The minimum Gasteiger partial charge on any atom is -0.481 e. The Morgan fingerprint density at radius 2 is 1.92 bits per heavy atom. The van der Waals surface area contributed by atoms with Crippen molar-refractivity contribution in [2.75, 3.05) is 0 Å². The van der Waals surface area contributed by atoms with Gasteiger partial charge in [-0.25, -0.2) is 0 Å². The van der Waals surface area contributed by atoms with Gasteiger partial charge < -0.3 is 14.6 Å². The average Bonchev–Trinajstić information content (AvgIpc) is 3.14. The van der Waals surface area contributed by atoms with Crippen molar-refractivity contribution in [1.82, 2.24) is 15.5 Å². The van der Waals surface area contributed by atoms with Crippen LogP contribution in [0.4, 0.5) is 0 Å². The van der Waals surface area contributed by atoms with E-state index in [1.807, 2.05) is 37.3 Å². The van der Waals surface area contributed by atoms with Gasteiger partial charge in [0.1, 0.15) is 5.75 Å². The number of carbonyl (C=O) groups is 1. The second-order valence-corrected chi connectivity index (χ2v) is 6.00. The number of hydrogen-bond donors (Lipinski definition) is 1. The van der Waals surface area contributed by atoms with Gasteiger partial charge in [-0.2, -0.15) is 4.98 Å². The van der Waals surface area contributed by atoms with Crippen LogP contribution in [0.25, 0.3) is 11.4 Å². The Kier molecular flexibility index (Phi) is 5.86. The minimum absolute atomic E-state index is 0.133. The maximum absolute atomic E-state index is 12.3. The molecule has 1 N–H and O–H groups in total. The molecule has 0 fully saturated rings. The first-order valence-electron chi connectivity index (χ1n) is 8.23. The number of halogens is 1. The van der Waals surface area contributed by atoms with E-state index in [1.165, 1.54) is 0 Å². The molecular weight excluding hydrogens is 354 g/mol. The first-order chi connectivity index (χ1) is 12.7. The zero-order valence-electron chi connectivity index (χ0n) is 14.2. The summed E-state index contributed by atoms with van der Waals surface area (Å²) >= 11 is 5.87.